The van der Waals surface area contributed by atoms with Crippen molar-refractivity contribution in [1.29, 1.82) is 0 Å². The molecule has 0 spiro atoms. The summed E-state index contributed by atoms with van der Waals surface area (Å²) in [7, 11) is 1.80. The van der Waals surface area contributed by atoms with E-state index in [0.717, 1.165) is 19.4 Å². The van der Waals surface area contributed by atoms with Crippen LogP contribution in [0.2, 0.25) is 0 Å². The summed E-state index contributed by atoms with van der Waals surface area (Å²) in [6, 6.07) is 1.67. The second kappa shape index (κ2) is 6.96. The number of carbonyl (C=O) groups excluding carboxylic acids is 1. The second-order valence-electron chi connectivity index (χ2n) is 3.99. The van der Waals surface area contributed by atoms with Gasteiger partial charge < -0.3 is 20.4 Å². The van der Waals surface area contributed by atoms with Crippen molar-refractivity contribution in [3.63, 3.8) is 0 Å². The van der Waals surface area contributed by atoms with Crippen molar-refractivity contribution in [3.05, 3.63) is 18.0 Å². The highest BCUT2D eigenvalue weighted by molar-refractivity contribution is 5.93. The number of rotatable bonds is 7. The lowest BCUT2D eigenvalue weighted by Gasteiger charge is -2.06. The van der Waals surface area contributed by atoms with Crippen molar-refractivity contribution in [2.45, 2.75) is 19.8 Å². The number of ether oxygens (including phenoxy) is 1. The van der Waals surface area contributed by atoms with E-state index in [1.807, 2.05) is 0 Å². The molecule has 1 heterocycles. The molecule has 0 saturated carbocycles. The van der Waals surface area contributed by atoms with Gasteiger partial charge in [-0.1, -0.05) is 6.92 Å². The molecule has 0 aromatic carbocycles. The van der Waals surface area contributed by atoms with E-state index in [1.54, 1.807) is 23.9 Å². The zero-order valence-electron chi connectivity index (χ0n) is 10.5. The lowest BCUT2D eigenvalue weighted by Crippen LogP contribution is -2.26. The van der Waals surface area contributed by atoms with Gasteiger partial charge in [0.2, 0.25) is 0 Å². The summed E-state index contributed by atoms with van der Waals surface area (Å²) in [5, 5.41) is 2.83. The minimum atomic E-state index is -0.0975. The summed E-state index contributed by atoms with van der Waals surface area (Å²) >= 11 is 0. The van der Waals surface area contributed by atoms with E-state index >= 15 is 0 Å². The van der Waals surface area contributed by atoms with Gasteiger partial charge in [0.25, 0.3) is 5.91 Å². The predicted molar refractivity (Wildman–Crippen MR) is 67.9 cm³/mol. The molecule has 0 bridgehead atoms. The Morgan fingerprint density at radius 1 is 1.53 bits per heavy atom. The second-order valence-corrected chi connectivity index (χ2v) is 3.99. The van der Waals surface area contributed by atoms with E-state index in [4.69, 9.17) is 10.5 Å². The Balaban J connectivity index is 2.23. The smallest absolute Gasteiger partial charge is 0.267 e. The molecule has 5 nitrogen and oxygen atoms in total. The van der Waals surface area contributed by atoms with Gasteiger partial charge in [0.15, 0.2) is 0 Å². The number of amides is 1. The van der Waals surface area contributed by atoms with E-state index in [1.165, 1.54) is 0 Å². The van der Waals surface area contributed by atoms with Gasteiger partial charge in [0, 0.05) is 33.0 Å². The van der Waals surface area contributed by atoms with Crippen LogP contribution in [0.25, 0.3) is 0 Å². The molecule has 0 radical (unpaired) electrons. The summed E-state index contributed by atoms with van der Waals surface area (Å²) < 4.78 is 7.04. The third-order valence-corrected chi connectivity index (χ3v) is 2.36. The Morgan fingerprint density at radius 3 is 2.88 bits per heavy atom. The van der Waals surface area contributed by atoms with E-state index in [2.05, 4.69) is 12.2 Å². The number of nitrogen functional groups attached to an aromatic ring is 1. The van der Waals surface area contributed by atoms with Gasteiger partial charge in [0.1, 0.15) is 5.69 Å². The van der Waals surface area contributed by atoms with E-state index < -0.39 is 0 Å². The molecule has 3 N–H and O–H groups in total. The number of nitrogens with zero attached hydrogens (tertiary/aromatic N) is 1. The van der Waals surface area contributed by atoms with Crippen LogP contribution in [0.4, 0.5) is 5.69 Å². The predicted octanol–water partition coefficient (Wildman–Crippen LogP) is 1.15. The van der Waals surface area contributed by atoms with Crippen LogP contribution in [0.3, 0.4) is 0 Å². The van der Waals surface area contributed by atoms with Crippen LogP contribution >= 0.6 is 0 Å². The molecule has 0 aliphatic carbocycles. The zero-order chi connectivity index (χ0) is 12.7. The first-order valence-electron chi connectivity index (χ1n) is 5.93. The van der Waals surface area contributed by atoms with Gasteiger partial charge >= 0.3 is 0 Å². The third-order valence-electron chi connectivity index (χ3n) is 2.36. The Hall–Kier alpha value is -1.49. The van der Waals surface area contributed by atoms with Crippen LogP contribution in [-0.2, 0) is 11.8 Å². The van der Waals surface area contributed by atoms with Crippen molar-refractivity contribution >= 4 is 11.6 Å². The average Bonchev–Trinajstić information content (AvgIpc) is 2.62. The SMILES string of the molecule is CCCOCCCNC(=O)c1cc(N)cn1C. The molecule has 0 aliphatic heterocycles. The number of aromatic nitrogens is 1. The number of nitrogens with two attached hydrogens (primary N) is 1. The van der Waals surface area contributed by atoms with Gasteiger partial charge in [-0.2, -0.15) is 0 Å². The highest BCUT2D eigenvalue weighted by atomic mass is 16.5. The number of hydrogen-bond donors (Lipinski definition) is 2. The van der Waals surface area contributed by atoms with Crippen LogP contribution in [0, 0.1) is 0 Å². The van der Waals surface area contributed by atoms with Crippen molar-refractivity contribution in [2.75, 3.05) is 25.5 Å². The number of nitrogens with one attached hydrogen (secondary N) is 1. The molecule has 0 saturated heterocycles. The molecule has 1 rings (SSSR count). The molecule has 5 heteroatoms. The molecule has 0 unspecified atom stereocenters. The molecule has 0 atom stereocenters. The molecule has 0 aliphatic rings. The van der Waals surface area contributed by atoms with Crippen LogP contribution < -0.4 is 11.1 Å². The minimum absolute atomic E-state index is 0.0975. The first kappa shape index (κ1) is 13.6. The average molecular weight is 239 g/mol. The number of hydrogen-bond acceptors (Lipinski definition) is 3. The molecule has 1 amide bonds. The Kier molecular flexibility index (Phi) is 5.56. The molecule has 17 heavy (non-hydrogen) atoms. The topological polar surface area (TPSA) is 69.3 Å². The van der Waals surface area contributed by atoms with Gasteiger partial charge in [-0.25, -0.2) is 0 Å². The van der Waals surface area contributed by atoms with Crippen LogP contribution in [-0.4, -0.2) is 30.2 Å². The highest BCUT2D eigenvalue weighted by Gasteiger charge is 2.09. The highest BCUT2D eigenvalue weighted by Crippen LogP contribution is 2.08. The molecule has 1 aromatic heterocycles. The van der Waals surface area contributed by atoms with E-state index in [0.29, 0.717) is 24.5 Å². The lowest BCUT2D eigenvalue weighted by molar-refractivity contribution is 0.0933. The molecule has 1 aromatic rings. The summed E-state index contributed by atoms with van der Waals surface area (Å²) in [5.74, 6) is -0.0975. The first-order chi connectivity index (χ1) is 8.15. The van der Waals surface area contributed by atoms with Gasteiger partial charge in [0.05, 0.1) is 5.69 Å². The molecule has 96 valence electrons. The Morgan fingerprint density at radius 2 is 2.29 bits per heavy atom. The third kappa shape index (κ3) is 4.48. The van der Waals surface area contributed by atoms with Crippen LogP contribution in [0.5, 0.6) is 0 Å². The van der Waals surface area contributed by atoms with Crippen LogP contribution in [0.15, 0.2) is 12.3 Å². The molecular formula is C12H21N3O2. The molecular weight excluding hydrogens is 218 g/mol. The quantitative estimate of drug-likeness (QED) is 0.701. The van der Waals surface area contributed by atoms with Crippen LogP contribution in [0.1, 0.15) is 30.3 Å². The van der Waals surface area contributed by atoms with Crippen molar-refractivity contribution < 1.29 is 9.53 Å². The largest absolute Gasteiger partial charge is 0.397 e. The Labute approximate surface area is 102 Å². The summed E-state index contributed by atoms with van der Waals surface area (Å²) in [5.41, 5.74) is 6.79. The van der Waals surface area contributed by atoms with Gasteiger partial charge in [-0.05, 0) is 18.9 Å². The van der Waals surface area contributed by atoms with Crippen molar-refractivity contribution in [1.82, 2.24) is 9.88 Å². The fourth-order valence-electron chi connectivity index (χ4n) is 1.53. The maximum Gasteiger partial charge on any atom is 0.267 e. The van der Waals surface area contributed by atoms with Gasteiger partial charge in [-0.3, -0.25) is 4.79 Å². The fourth-order valence-corrected chi connectivity index (χ4v) is 1.53. The van der Waals surface area contributed by atoms with Crippen molar-refractivity contribution in [3.8, 4) is 0 Å². The summed E-state index contributed by atoms with van der Waals surface area (Å²) in [6.07, 6.45) is 3.57. The van der Waals surface area contributed by atoms with Gasteiger partial charge in [-0.15, -0.1) is 0 Å². The fraction of sp³-hybridized carbons (Fsp3) is 0.583. The van der Waals surface area contributed by atoms with Crippen molar-refractivity contribution in [2.24, 2.45) is 7.05 Å². The minimum Gasteiger partial charge on any atom is -0.397 e. The summed E-state index contributed by atoms with van der Waals surface area (Å²) in [4.78, 5) is 11.7. The number of aryl methyl sites for hydroxylation is 1. The Bertz CT molecular complexity index is 361. The lowest BCUT2D eigenvalue weighted by atomic mass is 10.3. The maximum atomic E-state index is 11.7. The standard InChI is InChI=1S/C12H21N3O2/c1-3-6-17-7-4-5-14-12(16)11-8-10(13)9-15(11)2/h8-9H,3-7,13H2,1-2H3,(H,14,16). The zero-order valence-corrected chi connectivity index (χ0v) is 10.5. The normalized spacial score (nSPS) is 10.5. The first-order valence-corrected chi connectivity index (χ1v) is 5.93. The van der Waals surface area contributed by atoms with E-state index in [-0.39, 0.29) is 5.91 Å². The monoisotopic (exact) mass is 239 g/mol. The maximum absolute atomic E-state index is 11.7. The number of carbonyl (C=O) groups is 1. The van der Waals surface area contributed by atoms with E-state index in [9.17, 15) is 4.79 Å². The number of anilines is 1. The summed E-state index contributed by atoms with van der Waals surface area (Å²) in [6.45, 7) is 4.15. The molecule has 0 fully saturated rings.